The second-order valence-electron chi connectivity index (χ2n) is 7.51. The van der Waals surface area contributed by atoms with Crippen LogP contribution in [0.25, 0.3) is 0 Å². The average molecular weight is 381 g/mol. The number of rotatable bonds is 5. The Morgan fingerprint density at radius 3 is 2.35 bits per heavy atom. The molecule has 2 N–H and O–H groups in total. The first-order valence-electron chi connectivity index (χ1n) is 8.86. The van der Waals surface area contributed by atoms with Gasteiger partial charge in [0.05, 0.1) is 5.56 Å². The normalized spacial score (nSPS) is 20.3. The molecule has 2 rings (SSSR count). The molecule has 1 fully saturated rings. The Labute approximate surface area is 159 Å². The van der Waals surface area contributed by atoms with Gasteiger partial charge in [0.1, 0.15) is 11.4 Å². The predicted octanol–water partition coefficient (Wildman–Crippen LogP) is 3.65. The van der Waals surface area contributed by atoms with Gasteiger partial charge < -0.3 is 15.4 Å². The first-order valence-corrected chi connectivity index (χ1v) is 10.1. The van der Waals surface area contributed by atoms with E-state index < -0.39 is 5.60 Å². The van der Waals surface area contributed by atoms with Crippen molar-refractivity contribution in [1.82, 2.24) is 15.3 Å². The Balaban J connectivity index is 1.91. The van der Waals surface area contributed by atoms with E-state index in [-0.39, 0.29) is 24.0 Å². The van der Waals surface area contributed by atoms with E-state index in [2.05, 4.69) is 20.6 Å². The highest BCUT2D eigenvalue weighted by Crippen LogP contribution is 2.25. The van der Waals surface area contributed by atoms with E-state index in [1.807, 2.05) is 27.0 Å². The van der Waals surface area contributed by atoms with Gasteiger partial charge in [-0.25, -0.2) is 14.8 Å². The van der Waals surface area contributed by atoms with Crippen LogP contribution in [-0.2, 0) is 4.74 Å². The van der Waals surface area contributed by atoms with Gasteiger partial charge in [-0.05, 0) is 59.6 Å². The summed E-state index contributed by atoms with van der Waals surface area (Å²) in [6.45, 7) is 7.07. The monoisotopic (exact) mass is 380 g/mol. The fourth-order valence-corrected chi connectivity index (χ4v) is 3.22. The zero-order valence-corrected chi connectivity index (χ0v) is 16.9. The molecule has 0 bridgehead atoms. The van der Waals surface area contributed by atoms with Gasteiger partial charge in [0.2, 0.25) is 0 Å². The number of anilines is 1. The number of amides is 1. The van der Waals surface area contributed by atoms with Gasteiger partial charge in [0.15, 0.2) is 10.9 Å². The lowest BCUT2D eigenvalue weighted by molar-refractivity contribution is 0.0492. The van der Waals surface area contributed by atoms with Gasteiger partial charge in [-0.1, -0.05) is 11.8 Å². The Morgan fingerprint density at radius 2 is 1.81 bits per heavy atom. The number of hydrogen-bond acceptors (Lipinski definition) is 7. The third-order valence-electron chi connectivity index (χ3n) is 4.12. The van der Waals surface area contributed by atoms with Crippen LogP contribution in [0.3, 0.4) is 0 Å². The fraction of sp³-hybridized carbons (Fsp3) is 0.667. The van der Waals surface area contributed by atoms with Gasteiger partial charge in [-0.2, -0.15) is 0 Å². The minimum absolute atomic E-state index is 0.0552. The fourth-order valence-electron chi connectivity index (χ4n) is 2.88. The second-order valence-corrected chi connectivity index (χ2v) is 8.29. The van der Waals surface area contributed by atoms with Crippen LogP contribution in [0.1, 0.15) is 63.7 Å². The first kappa shape index (κ1) is 20.5. The van der Waals surface area contributed by atoms with Crippen molar-refractivity contribution in [2.24, 2.45) is 0 Å². The molecule has 0 aliphatic heterocycles. The molecule has 0 saturated heterocycles. The summed E-state index contributed by atoms with van der Waals surface area (Å²) in [6, 6.07) is 0.330. The number of carbonyl (C=O) groups excluding carboxylic acids is 2. The van der Waals surface area contributed by atoms with Crippen molar-refractivity contribution in [1.29, 1.82) is 0 Å². The molecular weight excluding hydrogens is 352 g/mol. The van der Waals surface area contributed by atoms with Gasteiger partial charge in [0.25, 0.3) is 0 Å². The van der Waals surface area contributed by atoms with Crippen LogP contribution in [0.15, 0.2) is 11.4 Å². The highest BCUT2D eigenvalue weighted by molar-refractivity contribution is 7.98. The lowest BCUT2D eigenvalue weighted by Crippen LogP contribution is -2.42. The number of aromatic nitrogens is 2. The highest BCUT2D eigenvalue weighted by Gasteiger charge is 2.25. The van der Waals surface area contributed by atoms with Crippen molar-refractivity contribution < 1.29 is 14.3 Å². The lowest BCUT2D eigenvalue weighted by atomic mass is 9.91. The van der Waals surface area contributed by atoms with Crippen molar-refractivity contribution in [2.45, 2.75) is 76.2 Å². The highest BCUT2D eigenvalue weighted by atomic mass is 32.2. The summed E-state index contributed by atoms with van der Waals surface area (Å²) in [4.78, 5) is 32.3. The molecule has 1 aliphatic rings. The van der Waals surface area contributed by atoms with Crippen molar-refractivity contribution in [3.8, 4) is 0 Å². The molecule has 0 spiro atoms. The molecule has 144 valence electrons. The van der Waals surface area contributed by atoms with Gasteiger partial charge >= 0.3 is 6.09 Å². The van der Waals surface area contributed by atoms with Crippen LogP contribution in [0.5, 0.6) is 0 Å². The van der Waals surface area contributed by atoms with E-state index in [9.17, 15) is 9.59 Å². The maximum atomic E-state index is 11.9. The largest absolute Gasteiger partial charge is 0.444 e. The zero-order chi connectivity index (χ0) is 19.3. The van der Waals surface area contributed by atoms with E-state index in [1.54, 1.807) is 6.20 Å². The number of ether oxygens (including phenoxy) is 1. The van der Waals surface area contributed by atoms with Gasteiger partial charge in [0, 0.05) is 18.3 Å². The number of nitrogens with one attached hydrogen (secondary N) is 2. The summed E-state index contributed by atoms with van der Waals surface area (Å²) in [5.41, 5.74) is 0.0188. The molecule has 0 atom stereocenters. The van der Waals surface area contributed by atoms with Gasteiger partial charge in [-0.3, -0.25) is 4.79 Å². The number of Topliss-reactive ketones (excluding diaryl/α,β-unsaturated/α-hetero) is 1. The molecule has 7 nitrogen and oxygen atoms in total. The van der Waals surface area contributed by atoms with E-state index in [1.165, 1.54) is 18.7 Å². The summed E-state index contributed by atoms with van der Waals surface area (Å²) >= 11 is 1.44. The van der Waals surface area contributed by atoms with E-state index >= 15 is 0 Å². The van der Waals surface area contributed by atoms with Crippen LogP contribution in [0.4, 0.5) is 10.6 Å². The van der Waals surface area contributed by atoms with Crippen LogP contribution >= 0.6 is 11.8 Å². The van der Waals surface area contributed by atoms with Crippen molar-refractivity contribution in [3.05, 3.63) is 11.8 Å². The molecule has 1 aliphatic carbocycles. The summed E-state index contributed by atoms with van der Waals surface area (Å²) < 4.78 is 5.31. The predicted molar refractivity (Wildman–Crippen MR) is 103 cm³/mol. The molecule has 1 aromatic rings. The van der Waals surface area contributed by atoms with Crippen LogP contribution in [-0.4, -0.2) is 45.8 Å². The number of thioether (sulfide) groups is 1. The molecule has 0 unspecified atom stereocenters. The molecule has 26 heavy (non-hydrogen) atoms. The lowest BCUT2D eigenvalue weighted by Gasteiger charge is -2.31. The first-order chi connectivity index (χ1) is 12.2. The Morgan fingerprint density at radius 1 is 1.19 bits per heavy atom. The van der Waals surface area contributed by atoms with Gasteiger partial charge in [-0.15, -0.1) is 0 Å². The number of nitrogens with zero attached hydrogens (tertiary/aromatic N) is 2. The maximum Gasteiger partial charge on any atom is 0.407 e. The number of alkyl carbamates (subject to hydrolysis) is 1. The third-order valence-corrected chi connectivity index (χ3v) is 4.68. The second kappa shape index (κ2) is 8.70. The summed E-state index contributed by atoms with van der Waals surface area (Å²) in [6.07, 6.45) is 6.60. The maximum absolute atomic E-state index is 11.9. The average Bonchev–Trinajstić information content (AvgIpc) is 2.54. The topological polar surface area (TPSA) is 93.2 Å². The summed E-state index contributed by atoms with van der Waals surface area (Å²) in [5.74, 6) is 0.542. The minimum Gasteiger partial charge on any atom is -0.444 e. The molecular formula is C18H28N4O3S. The van der Waals surface area contributed by atoms with E-state index in [0.29, 0.717) is 16.5 Å². The molecule has 0 radical (unpaired) electrons. The molecule has 8 heteroatoms. The summed E-state index contributed by atoms with van der Waals surface area (Å²) in [5, 5.41) is 6.96. The Bertz CT molecular complexity index is 652. The van der Waals surface area contributed by atoms with E-state index in [4.69, 9.17) is 4.74 Å². The Hall–Kier alpha value is -1.83. The number of carbonyl (C=O) groups is 2. The van der Waals surface area contributed by atoms with Crippen LogP contribution < -0.4 is 10.6 Å². The smallest absolute Gasteiger partial charge is 0.407 e. The quantitative estimate of drug-likeness (QED) is 0.457. The summed E-state index contributed by atoms with van der Waals surface area (Å²) in [7, 11) is 0. The van der Waals surface area contributed by atoms with Crippen molar-refractivity contribution >= 4 is 29.5 Å². The molecule has 1 saturated carbocycles. The molecule has 1 heterocycles. The number of hydrogen-bond donors (Lipinski definition) is 2. The van der Waals surface area contributed by atoms with Crippen LogP contribution in [0.2, 0.25) is 0 Å². The van der Waals surface area contributed by atoms with E-state index in [0.717, 1.165) is 25.7 Å². The Kier molecular flexibility index (Phi) is 6.86. The molecule has 1 amide bonds. The molecule has 1 aromatic heterocycles. The molecule has 0 aromatic carbocycles. The van der Waals surface area contributed by atoms with Crippen molar-refractivity contribution in [3.63, 3.8) is 0 Å². The van der Waals surface area contributed by atoms with Crippen LogP contribution in [0, 0.1) is 0 Å². The van der Waals surface area contributed by atoms with Crippen molar-refractivity contribution in [2.75, 3.05) is 11.6 Å². The zero-order valence-electron chi connectivity index (χ0n) is 16.1. The number of ketones is 1. The minimum atomic E-state index is -0.492. The standard InChI is InChI=1S/C18H28N4O3S/c1-11(23)14-10-19-16(26-5)22-15(14)20-12-6-8-13(9-7-12)21-17(24)25-18(2,3)4/h10,12-13H,6-9H2,1-5H3,(H,21,24)(H,19,20,22). The third kappa shape index (κ3) is 6.16. The SMILES string of the molecule is CSc1ncc(C(C)=O)c(NC2CCC(NC(=O)OC(C)(C)C)CC2)n1.